The Bertz CT molecular complexity index is 935. The molecule has 5 heteroatoms. The highest BCUT2D eigenvalue weighted by atomic mass is 16.2. The predicted octanol–water partition coefficient (Wildman–Crippen LogP) is 3.29. The molecule has 1 aliphatic rings. The Labute approximate surface area is 153 Å². The first kappa shape index (κ1) is 16.5. The van der Waals surface area contributed by atoms with Crippen molar-refractivity contribution in [3.63, 3.8) is 0 Å². The summed E-state index contributed by atoms with van der Waals surface area (Å²) in [5, 5.41) is 1.16. The zero-order valence-corrected chi connectivity index (χ0v) is 14.9. The summed E-state index contributed by atoms with van der Waals surface area (Å²) >= 11 is 0. The third kappa shape index (κ3) is 3.25. The number of carbonyl (C=O) groups excluding carboxylic acids is 1. The minimum absolute atomic E-state index is 0.0719. The van der Waals surface area contributed by atoms with Gasteiger partial charge in [0.15, 0.2) is 0 Å². The van der Waals surface area contributed by atoms with Crippen LogP contribution in [0.5, 0.6) is 0 Å². The fourth-order valence-electron chi connectivity index (χ4n) is 3.57. The van der Waals surface area contributed by atoms with E-state index in [-0.39, 0.29) is 5.91 Å². The maximum Gasteiger partial charge on any atom is 0.255 e. The highest BCUT2D eigenvalue weighted by Gasteiger charge is 2.21. The Morgan fingerprint density at radius 2 is 1.92 bits per heavy atom. The van der Waals surface area contributed by atoms with E-state index in [1.165, 1.54) is 5.69 Å². The second-order valence-corrected chi connectivity index (χ2v) is 6.73. The van der Waals surface area contributed by atoms with Crippen LogP contribution in [0.25, 0.3) is 10.9 Å². The lowest BCUT2D eigenvalue weighted by molar-refractivity contribution is 0.0766. The molecule has 1 aliphatic heterocycles. The molecule has 0 unspecified atom stereocenters. The van der Waals surface area contributed by atoms with Gasteiger partial charge in [0.25, 0.3) is 5.91 Å². The molecule has 0 bridgehead atoms. The summed E-state index contributed by atoms with van der Waals surface area (Å²) in [6, 6.07) is 12.2. The molecular weight excluding hydrogens is 324 g/mol. The lowest BCUT2D eigenvalue weighted by Crippen LogP contribution is -2.35. The van der Waals surface area contributed by atoms with Crippen molar-refractivity contribution in [2.24, 2.45) is 0 Å². The van der Waals surface area contributed by atoms with Crippen molar-refractivity contribution in [1.82, 2.24) is 14.9 Å². The Kier molecular flexibility index (Phi) is 4.52. The summed E-state index contributed by atoms with van der Waals surface area (Å²) in [4.78, 5) is 25.7. The molecule has 1 saturated heterocycles. The number of nitrogens with zero attached hydrogens (tertiary/aromatic N) is 4. The summed E-state index contributed by atoms with van der Waals surface area (Å²) < 4.78 is 0. The average Bonchev–Trinajstić information content (AvgIpc) is 2.93. The predicted molar refractivity (Wildman–Crippen MR) is 103 cm³/mol. The highest BCUT2D eigenvalue weighted by molar-refractivity contribution is 5.94. The van der Waals surface area contributed by atoms with Gasteiger partial charge in [0.2, 0.25) is 0 Å². The molecule has 5 nitrogen and oxygen atoms in total. The van der Waals surface area contributed by atoms with E-state index >= 15 is 0 Å². The van der Waals surface area contributed by atoms with Crippen molar-refractivity contribution in [3.8, 4) is 0 Å². The van der Waals surface area contributed by atoms with Crippen molar-refractivity contribution in [2.75, 3.05) is 31.1 Å². The SMILES string of the molecule is Cc1cncc(C(=O)N2CCCN(c3ccnc4ccccc34)CC2)c1. The number of rotatable bonds is 2. The quantitative estimate of drug-likeness (QED) is 0.714. The Hall–Kier alpha value is -2.95. The van der Waals surface area contributed by atoms with Gasteiger partial charge in [-0.15, -0.1) is 0 Å². The van der Waals surface area contributed by atoms with Crippen LogP contribution in [0.4, 0.5) is 5.69 Å². The van der Waals surface area contributed by atoms with E-state index in [4.69, 9.17) is 0 Å². The molecule has 4 rings (SSSR count). The van der Waals surface area contributed by atoms with Gasteiger partial charge in [0.05, 0.1) is 11.1 Å². The third-order valence-electron chi connectivity index (χ3n) is 4.87. The lowest BCUT2D eigenvalue weighted by Gasteiger charge is -2.25. The van der Waals surface area contributed by atoms with E-state index in [0.29, 0.717) is 12.1 Å². The van der Waals surface area contributed by atoms with Crippen molar-refractivity contribution >= 4 is 22.5 Å². The molecule has 1 fully saturated rings. The summed E-state index contributed by atoms with van der Waals surface area (Å²) in [5.74, 6) is 0.0719. The normalized spacial score (nSPS) is 15.1. The van der Waals surface area contributed by atoms with Crippen LogP contribution in [0.15, 0.2) is 55.0 Å². The maximum atomic E-state index is 12.8. The van der Waals surface area contributed by atoms with Gasteiger partial charge in [-0.25, -0.2) is 0 Å². The molecule has 0 spiro atoms. The molecule has 3 heterocycles. The molecule has 3 aromatic rings. The van der Waals surface area contributed by atoms with Gasteiger partial charge in [-0.05, 0) is 37.1 Å². The smallest absolute Gasteiger partial charge is 0.255 e. The number of fused-ring (bicyclic) bond motifs is 1. The van der Waals surface area contributed by atoms with Gasteiger partial charge < -0.3 is 9.80 Å². The minimum Gasteiger partial charge on any atom is -0.369 e. The standard InChI is InChI=1S/C21H22N4O/c1-16-13-17(15-22-14-16)21(26)25-10-4-9-24(11-12-25)20-7-8-23-19-6-3-2-5-18(19)20/h2-3,5-8,13-15H,4,9-12H2,1H3. The fraction of sp³-hybridized carbons (Fsp3) is 0.286. The first-order valence-corrected chi connectivity index (χ1v) is 9.02. The number of hydrogen-bond acceptors (Lipinski definition) is 4. The van der Waals surface area contributed by atoms with Crippen molar-refractivity contribution in [2.45, 2.75) is 13.3 Å². The van der Waals surface area contributed by atoms with Gasteiger partial charge in [-0.3, -0.25) is 14.8 Å². The summed E-state index contributed by atoms with van der Waals surface area (Å²) in [6.07, 6.45) is 6.25. The van der Waals surface area contributed by atoms with Crippen LogP contribution >= 0.6 is 0 Å². The van der Waals surface area contributed by atoms with E-state index in [9.17, 15) is 4.79 Å². The monoisotopic (exact) mass is 346 g/mol. The number of aromatic nitrogens is 2. The van der Waals surface area contributed by atoms with Crippen LogP contribution in [0.2, 0.25) is 0 Å². The molecule has 0 atom stereocenters. The first-order valence-electron chi connectivity index (χ1n) is 9.02. The second-order valence-electron chi connectivity index (χ2n) is 6.73. The fourth-order valence-corrected chi connectivity index (χ4v) is 3.57. The largest absolute Gasteiger partial charge is 0.369 e. The number of amides is 1. The Morgan fingerprint density at radius 3 is 2.81 bits per heavy atom. The first-order chi connectivity index (χ1) is 12.7. The molecule has 1 amide bonds. The van der Waals surface area contributed by atoms with E-state index in [0.717, 1.165) is 42.5 Å². The van der Waals surface area contributed by atoms with Crippen LogP contribution in [-0.4, -0.2) is 47.0 Å². The highest BCUT2D eigenvalue weighted by Crippen LogP contribution is 2.26. The lowest BCUT2D eigenvalue weighted by atomic mass is 10.1. The average molecular weight is 346 g/mol. The van der Waals surface area contributed by atoms with Crippen LogP contribution in [0.1, 0.15) is 22.3 Å². The number of hydrogen-bond donors (Lipinski definition) is 0. The zero-order valence-electron chi connectivity index (χ0n) is 14.9. The molecule has 0 saturated carbocycles. The van der Waals surface area contributed by atoms with Crippen molar-refractivity contribution in [3.05, 3.63) is 66.1 Å². The van der Waals surface area contributed by atoms with Gasteiger partial charge in [-0.1, -0.05) is 18.2 Å². The van der Waals surface area contributed by atoms with Crippen LogP contribution < -0.4 is 4.90 Å². The van der Waals surface area contributed by atoms with Crippen molar-refractivity contribution < 1.29 is 4.79 Å². The number of carbonyl (C=O) groups is 1. The summed E-state index contributed by atoms with van der Waals surface area (Å²) in [7, 11) is 0. The molecule has 2 aromatic heterocycles. The maximum absolute atomic E-state index is 12.8. The number of benzene rings is 1. The van der Waals surface area contributed by atoms with Crippen LogP contribution in [0, 0.1) is 6.92 Å². The molecule has 0 aliphatic carbocycles. The third-order valence-corrected chi connectivity index (χ3v) is 4.87. The molecule has 26 heavy (non-hydrogen) atoms. The Balaban J connectivity index is 1.54. The number of anilines is 1. The van der Waals surface area contributed by atoms with E-state index in [1.54, 1.807) is 12.4 Å². The van der Waals surface area contributed by atoms with Gasteiger partial charge in [0.1, 0.15) is 0 Å². The summed E-state index contributed by atoms with van der Waals surface area (Å²) in [6.45, 7) is 5.20. The number of para-hydroxylation sites is 1. The van der Waals surface area contributed by atoms with Crippen LogP contribution in [-0.2, 0) is 0 Å². The second kappa shape index (κ2) is 7.12. The molecular formula is C21H22N4O. The zero-order chi connectivity index (χ0) is 17.9. The number of aryl methyl sites for hydroxylation is 1. The minimum atomic E-state index is 0.0719. The van der Waals surface area contributed by atoms with Gasteiger partial charge in [0, 0.05) is 55.8 Å². The summed E-state index contributed by atoms with van der Waals surface area (Å²) in [5.41, 5.74) is 3.89. The van der Waals surface area contributed by atoms with Crippen molar-refractivity contribution in [1.29, 1.82) is 0 Å². The molecule has 1 aromatic carbocycles. The molecule has 132 valence electrons. The van der Waals surface area contributed by atoms with Gasteiger partial charge >= 0.3 is 0 Å². The van der Waals surface area contributed by atoms with E-state index in [2.05, 4.69) is 27.0 Å². The number of pyridine rings is 2. The van der Waals surface area contributed by atoms with E-state index in [1.807, 2.05) is 42.3 Å². The van der Waals surface area contributed by atoms with Gasteiger partial charge in [-0.2, -0.15) is 0 Å². The molecule has 0 radical (unpaired) electrons. The Morgan fingerprint density at radius 1 is 1.04 bits per heavy atom. The molecule has 0 N–H and O–H groups in total. The van der Waals surface area contributed by atoms with E-state index < -0.39 is 0 Å². The van der Waals surface area contributed by atoms with Crippen LogP contribution in [0.3, 0.4) is 0 Å². The topological polar surface area (TPSA) is 49.3 Å².